The van der Waals surface area contributed by atoms with Gasteiger partial charge in [-0.25, -0.2) is 4.79 Å². The van der Waals surface area contributed by atoms with Gasteiger partial charge in [0, 0.05) is 31.0 Å². The summed E-state index contributed by atoms with van der Waals surface area (Å²) in [6.45, 7) is 0.387. The van der Waals surface area contributed by atoms with Gasteiger partial charge in [0.25, 0.3) is 5.91 Å². The topological polar surface area (TPSA) is 118 Å². The Bertz CT molecular complexity index is 1300. The van der Waals surface area contributed by atoms with Gasteiger partial charge in [0.1, 0.15) is 18.1 Å². The van der Waals surface area contributed by atoms with Crippen molar-refractivity contribution in [2.45, 2.75) is 6.18 Å². The molecule has 14 heteroatoms. The van der Waals surface area contributed by atoms with E-state index in [1.807, 2.05) is 0 Å². The average molecular weight is 531 g/mol. The SMILES string of the molecule is COc1ccc(C(=O)Nc2ccc(OCCN)c(-c3nn(C)cc3Cl)c2)c(OC(=O)C(F)(F)F)c1F. The molecule has 0 aliphatic carbocycles. The third kappa shape index (κ3) is 5.86. The molecular weight excluding hydrogens is 512 g/mol. The molecule has 9 nitrogen and oxygen atoms in total. The molecule has 192 valence electrons. The number of hydrogen-bond acceptors (Lipinski definition) is 7. The van der Waals surface area contributed by atoms with Gasteiger partial charge < -0.3 is 25.3 Å². The third-order valence-electron chi connectivity index (χ3n) is 4.60. The van der Waals surface area contributed by atoms with Crippen LogP contribution in [0.2, 0.25) is 5.02 Å². The number of benzene rings is 2. The summed E-state index contributed by atoms with van der Waals surface area (Å²) in [5.74, 6) is -6.69. The molecule has 0 aliphatic heterocycles. The maximum Gasteiger partial charge on any atom is 0.491 e. The number of halogens is 5. The van der Waals surface area contributed by atoms with Gasteiger partial charge in [0.15, 0.2) is 11.5 Å². The summed E-state index contributed by atoms with van der Waals surface area (Å²) >= 11 is 6.25. The van der Waals surface area contributed by atoms with E-state index in [1.165, 1.54) is 29.1 Å². The van der Waals surface area contributed by atoms with Crippen LogP contribution in [0.1, 0.15) is 10.4 Å². The van der Waals surface area contributed by atoms with E-state index in [0.717, 1.165) is 19.2 Å². The molecular formula is C22H19ClF4N4O5. The van der Waals surface area contributed by atoms with Crippen LogP contribution in [0.25, 0.3) is 11.3 Å². The highest BCUT2D eigenvalue weighted by Gasteiger charge is 2.42. The van der Waals surface area contributed by atoms with E-state index in [-0.39, 0.29) is 23.9 Å². The zero-order valence-electron chi connectivity index (χ0n) is 18.8. The lowest BCUT2D eigenvalue weighted by Gasteiger charge is -2.15. The van der Waals surface area contributed by atoms with Crippen LogP contribution in [0.15, 0.2) is 36.5 Å². The normalized spacial score (nSPS) is 11.2. The monoisotopic (exact) mass is 530 g/mol. The molecule has 0 saturated carbocycles. The maximum atomic E-state index is 14.7. The number of amides is 1. The van der Waals surface area contributed by atoms with Crippen LogP contribution in [-0.2, 0) is 11.8 Å². The highest BCUT2D eigenvalue weighted by Crippen LogP contribution is 2.37. The molecule has 0 radical (unpaired) electrons. The number of ether oxygens (including phenoxy) is 3. The Balaban J connectivity index is 2.00. The van der Waals surface area contributed by atoms with E-state index >= 15 is 0 Å². The zero-order valence-corrected chi connectivity index (χ0v) is 19.5. The lowest BCUT2D eigenvalue weighted by Crippen LogP contribution is -2.29. The van der Waals surface area contributed by atoms with Crippen molar-refractivity contribution < 1.29 is 41.4 Å². The van der Waals surface area contributed by atoms with Crippen molar-refractivity contribution in [3.8, 4) is 28.5 Å². The number of nitrogens with two attached hydrogens (primary N) is 1. The van der Waals surface area contributed by atoms with E-state index in [1.54, 1.807) is 7.05 Å². The van der Waals surface area contributed by atoms with Gasteiger partial charge in [0.2, 0.25) is 5.82 Å². The van der Waals surface area contributed by atoms with Gasteiger partial charge in [-0.15, -0.1) is 0 Å². The first-order valence-corrected chi connectivity index (χ1v) is 10.5. The van der Waals surface area contributed by atoms with Gasteiger partial charge in [-0.05, 0) is 30.3 Å². The van der Waals surface area contributed by atoms with Crippen molar-refractivity contribution in [3.63, 3.8) is 0 Å². The van der Waals surface area contributed by atoms with Crippen LogP contribution in [-0.4, -0.2) is 48.1 Å². The number of methoxy groups -OCH3 is 1. The minimum atomic E-state index is -5.43. The molecule has 0 fully saturated rings. The van der Waals surface area contributed by atoms with Crippen LogP contribution >= 0.6 is 11.6 Å². The van der Waals surface area contributed by atoms with E-state index in [2.05, 4.69) is 15.2 Å². The molecule has 3 rings (SSSR count). The van der Waals surface area contributed by atoms with E-state index in [9.17, 15) is 27.2 Å². The second-order valence-corrected chi connectivity index (χ2v) is 7.55. The Hall–Kier alpha value is -3.84. The number of hydrogen-bond donors (Lipinski definition) is 2. The van der Waals surface area contributed by atoms with Gasteiger partial charge in [-0.1, -0.05) is 11.6 Å². The number of nitrogens with one attached hydrogen (secondary N) is 1. The fourth-order valence-electron chi connectivity index (χ4n) is 3.05. The second kappa shape index (κ2) is 10.8. The number of carbonyl (C=O) groups excluding carboxylic acids is 2. The molecule has 0 spiro atoms. The number of esters is 1. The Labute approximate surface area is 206 Å². The summed E-state index contributed by atoms with van der Waals surface area (Å²) < 4.78 is 68.8. The molecule has 0 bridgehead atoms. The summed E-state index contributed by atoms with van der Waals surface area (Å²) in [4.78, 5) is 24.3. The Kier molecular flexibility index (Phi) is 8.05. The first-order valence-electron chi connectivity index (χ1n) is 10.1. The average Bonchev–Trinajstić information content (AvgIpc) is 3.16. The van der Waals surface area contributed by atoms with Gasteiger partial charge >= 0.3 is 12.1 Å². The van der Waals surface area contributed by atoms with Crippen molar-refractivity contribution in [2.75, 3.05) is 25.6 Å². The van der Waals surface area contributed by atoms with Crippen LogP contribution < -0.4 is 25.3 Å². The predicted octanol–water partition coefficient (Wildman–Crippen LogP) is 3.95. The number of anilines is 1. The highest BCUT2D eigenvalue weighted by atomic mass is 35.5. The van der Waals surface area contributed by atoms with Crippen molar-refractivity contribution in [1.82, 2.24) is 9.78 Å². The Morgan fingerprint density at radius 1 is 1.19 bits per heavy atom. The first kappa shape index (κ1) is 26.8. The van der Waals surface area contributed by atoms with Gasteiger partial charge in [-0.2, -0.15) is 22.7 Å². The quantitative estimate of drug-likeness (QED) is 0.257. The summed E-state index contributed by atoms with van der Waals surface area (Å²) in [6, 6.07) is 6.30. The highest BCUT2D eigenvalue weighted by molar-refractivity contribution is 6.33. The Morgan fingerprint density at radius 3 is 2.47 bits per heavy atom. The van der Waals surface area contributed by atoms with E-state index in [4.69, 9.17) is 26.8 Å². The maximum absolute atomic E-state index is 14.7. The molecule has 1 heterocycles. The molecule has 36 heavy (non-hydrogen) atoms. The van der Waals surface area contributed by atoms with Crippen LogP contribution in [0, 0.1) is 5.82 Å². The van der Waals surface area contributed by atoms with E-state index < -0.39 is 40.9 Å². The number of rotatable bonds is 8. The molecule has 1 aromatic heterocycles. The molecule has 3 aromatic rings. The predicted molar refractivity (Wildman–Crippen MR) is 121 cm³/mol. The summed E-state index contributed by atoms with van der Waals surface area (Å²) in [5.41, 5.74) is 5.62. The standard InChI is InChI=1S/C22H19ClF4N4O5/c1-31-10-14(23)18(30-31)13-9-11(3-5-15(13)35-8-7-28)29-20(32)12-4-6-16(34-2)17(24)19(12)36-21(33)22(25,26)27/h3-6,9-10H,7-8,28H2,1-2H3,(H,29,32). The summed E-state index contributed by atoms with van der Waals surface area (Å²) in [6.07, 6.45) is -3.89. The largest absolute Gasteiger partial charge is 0.494 e. The minimum Gasteiger partial charge on any atom is -0.494 e. The van der Waals surface area contributed by atoms with Crippen molar-refractivity contribution >= 4 is 29.2 Å². The minimum absolute atomic E-state index is 0.126. The van der Waals surface area contributed by atoms with Crippen molar-refractivity contribution in [1.29, 1.82) is 0 Å². The lowest BCUT2D eigenvalue weighted by atomic mass is 10.1. The zero-order chi connectivity index (χ0) is 26.6. The van der Waals surface area contributed by atoms with Crippen molar-refractivity contribution in [2.24, 2.45) is 12.8 Å². The number of nitrogens with zero attached hydrogens (tertiary/aromatic N) is 2. The number of aromatic nitrogens is 2. The number of carbonyl (C=O) groups is 2. The first-order chi connectivity index (χ1) is 17.0. The molecule has 0 aliphatic rings. The fraction of sp³-hybridized carbons (Fsp3) is 0.227. The second-order valence-electron chi connectivity index (χ2n) is 7.15. The van der Waals surface area contributed by atoms with Crippen LogP contribution in [0.4, 0.5) is 23.2 Å². The third-order valence-corrected chi connectivity index (χ3v) is 4.88. The smallest absolute Gasteiger partial charge is 0.491 e. The van der Waals surface area contributed by atoms with Crippen LogP contribution in [0.5, 0.6) is 17.2 Å². The lowest BCUT2D eigenvalue weighted by molar-refractivity contribution is -0.189. The molecule has 3 N–H and O–H groups in total. The van der Waals surface area contributed by atoms with Crippen molar-refractivity contribution in [3.05, 3.63) is 52.9 Å². The summed E-state index contributed by atoms with van der Waals surface area (Å²) in [7, 11) is 2.69. The molecule has 2 aromatic carbocycles. The van der Waals surface area contributed by atoms with Gasteiger partial charge in [-0.3, -0.25) is 9.48 Å². The van der Waals surface area contributed by atoms with E-state index in [0.29, 0.717) is 17.0 Å². The van der Waals surface area contributed by atoms with Gasteiger partial charge in [0.05, 0.1) is 17.7 Å². The number of aryl methyl sites for hydroxylation is 1. The molecule has 0 atom stereocenters. The van der Waals surface area contributed by atoms with Crippen LogP contribution in [0.3, 0.4) is 0 Å². The number of alkyl halides is 3. The Morgan fingerprint density at radius 2 is 1.89 bits per heavy atom. The molecule has 0 unspecified atom stereocenters. The molecule has 0 saturated heterocycles. The fourth-order valence-corrected chi connectivity index (χ4v) is 3.33. The molecule has 1 amide bonds. The summed E-state index contributed by atoms with van der Waals surface area (Å²) in [5, 5.41) is 6.95.